The fraction of sp³-hybridized carbons (Fsp3) is 0.130. The van der Waals surface area contributed by atoms with Gasteiger partial charge in [0, 0.05) is 11.8 Å². The lowest BCUT2D eigenvalue weighted by Crippen LogP contribution is -2.29. The zero-order valence-electron chi connectivity index (χ0n) is 19.7. The maximum atomic E-state index is 12.7. The molecule has 1 heterocycles. The molecule has 13 nitrogen and oxygen atoms in total. The molecule has 3 aromatic carbocycles. The summed E-state index contributed by atoms with van der Waals surface area (Å²) in [6.45, 7) is 1.70. The van der Waals surface area contributed by atoms with E-state index in [9.17, 15) is 18.3 Å². The van der Waals surface area contributed by atoms with Gasteiger partial charge in [-0.2, -0.15) is 23.5 Å². The van der Waals surface area contributed by atoms with Crippen molar-refractivity contribution in [1.29, 1.82) is 0 Å². The number of carbonyl (C=O) groups is 1. The largest absolute Gasteiger partial charge is 0.505 e. The molecule has 37 heavy (non-hydrogen) atoms. The molecule has 0 aliphatic heterocycles. The van der Waals surface area contributed by atoms with E-state index in [1.807, 2.05) is 0 Å². The molecule has 0 spiro atoms. The number of aromatic nitrogens is 3. The van der Waals surface area contributed by atoms with Crippen molar-refractivity contribution in [3.05, 3.63) is 60.9 Å². The highest BCUT2D eigenvalue weighted by Crippen LogP contribution is 2.45. The van der Waals surface area contributed by atoms with Gasteiger partial charge >= 0.3 is 0 Å². The van der Waals surface area contributed by atoms with Crippen LogP contribution in [-0.4, -0.2) is 41.5 Å². The molecule has 4 rings (SSSR count). The summed E-state index contributed by atoms with van der Waals surface area (Å²) in [6, 6.07) is 14.9. The first-order chi connectivity index (χ1) is 17.8. The normalized spacial score (nSPS) is 11.5. The number of rotatable bonds is 9. The van der Waals surface area contributed by atoms with E-state index in [4.69, 9.17) is 0 Å². The SMILES string of the molecule is CCC(=O)NNc1ncnc(Nc2cccc3cc(S(=O)(=O)OC)c(N=Nc4ccccc4)c(O)c23)n1. The summed E-state index contributed by atoms with van der Waals surface area (Å²) in [7, 11) is -3.23. The maximum Gasteiger partial charge on any atom is 0.299 e. The van der Waals surface area contributed by atoms with Crippen molar-refractivity contribution in [2.24, 2.45) is 10.2 Å². The van der Waals surface area contributed by atoms with Gasteiger partial charge in [-0.1, -0.05) is 37.3 Å². The topological polar surface area (TPSA) is 180 Å². The van der Waals surface area contributed by atoms with E-state index in [0.717, 1.165) is 7.11 Å². The Hall–Kier alpha value is -4.69. The van der Waals surface area contributed by atoms with Crippen molar-refractivity contribution in [3.8, 4) is 5.75 Å². The molecule has 4 aromatic rings. The second-order valence-electron chi connectivity index (χ2n) is 7.42. The van der Waals surface area contributed by atoms with Crippen molar-refractivity contribution in [2.75, 3.05) is 17.9 Å². The monoisotopic (exact) mass is 522 g/mol. The van der Waals surface area contributed by atoms with E-state index in [1.165, 1.54) is 12.4 Å². The van der Waals surface area contributed by atoms with Gasteiger partial charge in [-0.25, -0.2) is 4.98 Å². The first-order valence-corrected chi connectivity index (χ1v) is 12.3. The number of hydrazine groups is 1. The second kappa shape index (κ2) is 10.9. The number of carbonyl (C=O) groups excluding carboxylic acids is 1. The van der Waals surface area contributed by atoms with E-state index in [1.54, 1.807) is 55.5 Å². The number of phenols is 1. The molecule has 0 saturated heterocycles. The average Bonchev–Trinajstić information content (AvgIpc) is 2.91. The molecule has 1 aromatic heterocycles. The van der Waals surface area contributed by atoms with Gasteiger partial charge in [0.25, 0.3) is 10.1 Å². The first kappa shape index (κ1) is 25.4. The highest BCUT2D eigenvalue weighted by Gasteiger charge is 2.25. The number of hydrogen-bond acceptors (Lipinski definition) is 12. The molecule has 190 valence electrons. The number of benzene rings is 3. The van der Waals surface area contributed by atoms with Crippen molar-refractivity contribution in [3.63, 3.8) is 0 Å². The predicted octanol–water partition coefficient (Wildman–Crippen LogP) is 4.08. The van der Waals surface area contributed by atoms with Crippen LogP contribution in [0.4, 0.5) is 29.0 Å². The van der Waals surface area contributed by atoms with Crippen LogP contribution in [0.3, 0.4) is 0 Å². The van der Waals surface area contributed by atoms with Crippen LogP contribution in [0.25, 0.3) is 10.8 Å². The molecule has 0 fully saturated rings. The van der Waals surface area contributed by atoms with Crippen molar-refractivity contribution in [2.45, 2.75) is 18.2 Å². The minimum atomic E-state index is -4.25. The van der Waals surface area contributed by atoms with Gasteiger partial charge in [-0.3, -0.25) is 19.8 Å². The average molecular weight is 523 g/mol. The van der Waals surface area contributed by atoms with Gasteiger partial charge in [0.2, 0.25) is 17.8 Å². The molecule has 0 radical (unpaired) electrons. The van der Waals surface area contributed by atoms with Crippen LogP contribution in [0.15, 0.2) is 76.0 Å². The Labute approximate surface area is 211 Å². The van der Waals surface area contributed by atoms with E-state index in [-0.39, 0.29) is 40.2 Å². The van der Waals surface area contributed by atoms with Crippen molar-refractivity contribution < 1.29 is 22.5 Å². The standard InChI is InChI=1S/C23H22N8O5S/c1-3-18(32)29-31-23-25-13-24-22(27-23)26-16-11-7-8-14-12-17(37(34,35)36-2)20(21(33)19(14)16)30-28-15-9-5-4-6-10-15/h4-13,33H,3H2,1-2H3,(H,29,32)(H2,24,25,26,27,31). The summed E-state index contributed by atoms with van der Waals surface area (Å²) in [5.74, 6) is -0.530. The zero-order valence-corrected chi connectivity index (χ0v) is 20.5. The fourth-order valence-electron chi connectivity index (χ4n) is 3.23. The summed E-state index contributed by atoms with van der Waals surface area (Å²) in [4.78, 5) is 23.3. The fourth-order valence-corrected chi connectivity index (χ4v) is 4.06. The lowest BCUT2D eigenvalue weighted by Gasteiger charge is -2.14. The number of phenolic OH excluding ortho intramolecular Hbond substituents is 1. The number of fused-ring (bicyclic) bond motifs is 1. The van der Waals surface area contributed by atoms with Crippen molar-refractivity contribution in [1.82, 2.24) is 20.4 Å². The third-order valence-corrected chi connectivity index (χ3v) is 6.33. The van der Waals surface area contributed by atoms with Crippen LogP contribution < -0.4 is 16.2 Å². The highest BCUT2D eigenvalue weighted by molar-refractivity contribution is 7.87. The molecule has 0 bridgehead atoms. The molecule has 14 heteroatoms. The Morgan fingerprint density at radius 2 is 1.81 bits per heavy atom. The highest BCUT2D eigenvalue weighted by atomic mass is 32.2. The zero-order chi connectivity index (χ0) is 26.4. The number of amides is 1. The van der Waals surface area contributed by atoms with Crippen LogP contribution in [-0.2, 0) is 19.1 Å². The Morgan fingerprint density at radius 1 is 1.05 bits per heavy atom. The summed E-state index contributed by atoms with van der Waals surface area (Å²) < 4.78 is 30.0. The molecule has 4 N–H and O–H groups in total. The second-order valence-corrected chi connectivity index (χ2v) is 9.10. The minimum Gasteiger partial charge on any atom is -0.505 e. The number of anilines is 3. The van der Waals surface area contributed by atoms with E-state index >= 15 is 0 Å². The smallest absolute Gasteiger partial charge is 0.299 e. The Morgan fingerprint density at radius 3 is 2.54 bits per heavy atom. The number of hydrogen-bond donors (Lipinski definition) is 4. The Kier molecular flexibility index (Phi) is 7.50. The number of azo groups is 1. The predicted molar refractivity (Wildman–Crippen MR) is 136 cm³/mol. The van der Waals surface area contributed by atoms with Crippen LogP contribution >= 0.6 is 0 Å². The molecular weight excluding hydrogens is 500 g/mol. The van der Waals surface area contributed by atoms with E-state index in [0.29, 0.717) is 16.8 Å². The molecule has 1 amide bonds. The summed E-state index contributed by atoms with van der Waals surface area (Å²) >= 11 is 0. The quantitative estimate of drug-likeness (QED) is 0.142. The molecule has 0 saturated carbocycles. The van der Waals surface area contributed by atoms with Gasteiger partial charge in [0.15, 0.2) is 5.75 Å². The molecule has 0 aliphatic carbocycles. The Balaban J connectivity index is 1.80. The van der Waals surface area contributed by atoms with Gasteiger partial charge in [-0.05, 0) is 29.7 Å². The van der Waals surface area contributed by atoms with E-state index in [2.05, 4.69) is 45.5 Å². The number of nitrogens with zero attached hydrogens (tertiary/aromatic N) is 5. The molecule has 0 unspecified atom stereocenters. The van der Waals surface area contributed by atoms with Gasteiger partial charge in [0.05, 0.1) is 18.5 Å². The van der Waals surface area contributed by atoms with Gasteiger partial charge in [0.1, 0.15) is 16.9 Å². The summed E-state index contributed by atoms with van der Waals surface area (Å²) in [6.07, 6.45) is 1.49. The third-order valence-electron chi connectivity index (χ3n) is 5.04. The number of aromatic hydroxyl groups is 1. The van der Waals surface area contributed by atoms with E-state index < -0.39 is 15.9 Å². The lowest BCUT2D eigenvalue weighted by molar-refractivity contribution is -0.120. The van der Waals surface area contributed by atoms with Gasteiger partial charge < -0.3 is 10.4 Å². The molecule has 0 atom stereocenters. The maximum absolute atomic E-state index is 12.7. The molecule has 0 aliphatic rings. The summed E-state index contributed by atoms with van der Waals surface area (Å²) in [5.41, 5.74) is 5.53. The molecular formula is C23H22N8O5S. The lowest BCUT2D eigenvalue weighted by atomic mass is 10.1. The Bertz CT molecular complexity index is 1580. The van der Waals surface area contributed by atoms with Crippen LogP contribution in [0, 0.1) is 0 Å². The van der Waals surface area contributed by atoms with Crippen LogP contribution in [0.2, 0.25) is 0 Å². The third kappa shape index (κ3) is 5.76. The van der Waals surface area contributed by atoms with Gasteiger partial charge in [-0.15, -0.1) is 5.11 Å². The number of nitrogens with one attached hydrogen (secondary N) is 3. The van der Waals surface area contributed by atoms with Crippen LogP contribution in [0.1, 0.15) is 13.3 Å². The first-order valence-electron chi connectivity index (χ1n) is 10.9. The summed E-state index contributed by atoms with van der Waals surface area (Å²) in [5, 5.41) is 22.9. The van der Waals surface area contributed by atoms with Crippen LogP contribution in [0.5, 0.6) is 5.75 Å². The minimum absolute atomic E-state index is 0.0783. The van der Waals surface area contributed by atoms with Crippen molar-refractivity contribution >= 4 is 55.8 Å².